The third-order valence-corrected chi connectivity index (χ3v) is 7.07. The second-order valence-corrected chi connectivity index (χ2v) is 11.2. The summed E-state index contributed by atoms with van der Waals surface area (Å²) < 4.78 is 28.6. The number of rotatable bonds is 9. The van der Waals surface area contributed by atoms with E-state index in [1.165, 1.54) is 0 Å². The predicted octanol–water partition coefficient (Wildman–Crippen LogP) is 3.39. The topological polar surface area (TPSA) is 96.0 Å². The van der Waals surface area contributed by atoms with Crippen molar-refractivity contribution in [1.82, 2.24) is 18.7 Å². The molecular formula is C25H30N4O4S. The highest BCUT2D eigenvalue weighted by atomic mass is 32.2. The molecule has 0 unspecified atom stereocenters. The molecule has 0 spiro atoms. The molecule has 180 valence electrons. The van der Waals surface area contributed by atoms with Gasteiger partial charge in [-0.2, -0.15) is 0 Å². The molecule has 0 fully saturated rings. The first-order valence-electron chi connectivity index (χ1n) is 11.4. The fourth-order valence-corrected chi connectivity index (χ4v) is 5.58. The summed E-state index contributed by atoms with van der Waals surface area (Å²) in [5.74, 6) is -0.919. The molecule has 0 aliphatic rings. The van der Waals surface area contributed by atoms with Gasteiger partial charge in [-0.3, -0.25) is 13.9 Å². The number of nitrogens with zero attached hydrogens (tertiary/aromatic N) is 4. The van der Waals surface area contributed by atoms with Crippen LogP contribution >= 0.6 is 0 Å². The molecule has 1 aromatic carbocycles. The van der Waals surface area contributed by atoms with Crippen LogP contribution < -0.4 is 5.69 Å². The molecule has 0 amide bonds. The van der Waals surface area contributed by atoms with Gasteiger partial charge in [-0.1, -0.05) is 25.5 Å². The summed E-state index contributed by atoms with van der Waals surface area (Å²) in [6.07, 6.45) is 6.01. The normalized spacial score (nSPS) is 13.1. The van der Waals surface area contributed by atoms with Gasteiger partial charge in [0, 0.05) is 49.1 Å². The summed E-state index contributed by atoms with van der Waals surface area (Å²) in [6.45, 7) is 4.40. The number of hydrogen-bond acceptors (Lipinski definition) is 5. The number of aryl methyl sites for hydroxylation is 2. The van der Waals surface area contributed by atoms with E-state index in [4.69, 9.17) is 0 Å². The van der Waals surface area contributed by atoms with Gasteiger partial charge in [-0.15, -0.1) is 0 Å². The van der Waals surface area contributed by atoms with E-state index >= 15 is 0 Å². The molecular weight excluding hydrogens is 452 g/mol. The molecule has 4 rings (SSSR count). The Labute approximate surface area is 198 Å². The van der Waals surface area contributed by atoms with Crippen molar-refractivity contribution in [1.29, 1.82) is 0 Å². The molecule has 0 saturated carbocycles. The van der Waals surface area contributed by atoms with Crippen LogP contribution in [0.4, 0.5) is 0 Å². The number of aromatic nitrogens is 4. The van der Waals surface area contributed by atoms with E-state index in [1.54, 1.807) is 21.4 Å². The van der Waals surface area contributed by atoms with Crippen LogP contribution in [0.2, 0.25) is 0 Å². The van der Waals surface area contributed by atoms with Crippen LogP contribution in [-0.2, 0) is 28.2 Å². The lowest BCUT2D eigenvalue weighted by molar-refractivity contribution is -0.117. The summed E-state index contributed by atoms with van der Waals surface area (Å²) >= 11 is 0. The quantitative estimate of drug-likeness (QED) is 0.364. The minimum atomic E-state index is -3.44. The van der Waals surface area contributed by atoms with E-state index in [1.807, 2.05) is 32.3 Å². The molecule has 4 aromatic rings. The van der Waals surface area contributed by atoms with Crippen molar-refractivity contribution in [3.63, 3.8) is 0 Å². The van der Waals surface area contributed by atoms with Gasteiger partial charge in [0.1, 0.15) is 11.5 Å². The van der Waals surface area contributed by atoms with Crippen LogP contribution in [0.3, 0.4) is 0 Å². The lowest BCUT2D eigenvalue weighted by Gasteiger charge is -2.17. The molecule has 34 heavy (non-hydrogen) atoms. The van der Waals surface area contributed by atoms with E-state index in [9.17, 15) is 18.0 Å². The number of hydrogen-bond donors (Lipinski definition) is 0. The van der Waals surface area contributed by atoms with Gasteiger partial charge in [-0.25, -0.2) is 18.2 Å². The maximum atomic E-state index is 13.8. The fraction of sp³-hybridized carbons (Fsp3) is 0.400. The third kappa shape index (κ3) is 4.57. The van der Waals surface area contributed by atoms with Crippen LogP contribution in [-0.4, -0.2) is 44.9 Å². The van der Waals surface area contributed by atoms with Gasteiger partial charge in [-0.05, 0) is 42.7 Å². The molecule has 1 atom stereocenters. The number of fused-ring (bicyclic) bond motifs is 2. The van der Waals surface area contributed by atoms with E-state index in [-0.39, 0.29) is 12.1 Å². The number of pyridine rings is 1. The first-order chi connectivity index (χ1) is 16.1. The van der Waals surface area contributed by atoms with Crippen LogP contribution in [0.15, 0.2) is 47.5 Å². The maximum Gasteiger partial charge on any atom is 0.330 e. The Hall–Kier alpha value is -3.20. The maximum absolute atomic E-state index is 13.8. The standard InChI is InChI=1S/C25H30N4O4S/c1-5-8-19(13-20(30)16-34(4,32)33)29-24-22(11-7-12-26-24)28(25(29)31)15-18-14-27(3)21-10-6-9-17(2)23(18)21/h6-7,9-12,14,19H,5,8,13,15-16H2,1-4H3/t19-/m0/s1. The molecule has 0 bridgehead atoms. The third-order valence-electron chi connectivity index (χ3n) is 6.23. The molecule has 0 saturated heterocycles. The van der Waals surface area contributed by atoms with Gasteiger partial charge in [0.05, 0.1) is 12.1 Å². The average molecular weight is 483 g/mol. The highest BCUT2D eigenvalue weighted by molar-refractivity contribution is 7.91. The van der Waals surface area contributed by atoms with Gasteiger partial charge >= 0.3 is 5.69 Å². The van der Waals surface area contributed by atoms with Crippen LogP contribution in [0.1, 0.15) is 43.4 Å². The molecule has 0 aliphatic heterocycles. The highest BCUT2D eigenvalue weighted by Gasteiger charge is 2.25. The number of Topliss-reactive ketones (excluding diaryl/α,β-unsaturated/α-hetero) is 1. The highest BCUT2D eigenvalue weighted by Crippen LogP contribution is 2.27. The van der Waals surface area contributed by atoms with Crippen molar-refractivity contribution in [2.24, 2.45) is 7.05 Å². The summed E-state index contributed by atoms with van der Waals surface area (Å²) in [4.78, 5) is 30.8. The van der Waals surface area contributed by atoms with E-state index in [0.29, 0.717) is 24.1 Å². The smallest absolute Gasteiger partial charge is 0.330 e. The molecule has 0 N–H and O–H groups in total. The number of benzene rings is 1. The number of sulfone groups is 1. The molecule has 3 heterocycles. The molecule has 9 heteroatoms. The Morgan fingerprint density at radius 2 is 1.88 bits per heavy atom. The van der Waals surface area contributed by atoms with Gasteiger partial charge in [0.25, 0.3) is 0 Å². The van der Waals surface area contributed by atoms with E-state index in [0.717, 1.165) is 34.7 Å². The number of imidazole rings is 1. The van der Waals surface area contributed by atoms with Crippen molar-refractivity contribution >= 4 is 37.7 Å². The Morgan fingerprint density at radius 1 is 1.15 bits per heavy atom. The van der Waals surface area contributed by atoms with Crippen molar-refractivity contribution in [2.45, 2.75) is 45.7 Å². The number of carbonyl (C=O) groups excluding carboxylic acids is 1. The SMILES string of the molecule is CCC[C@@H](CC(=O)CS(C)(=O)=O)n1c(=O)n(Cc2cn(C)c3cccc(C)c23)c2cccnc21. The Bertz CT molecular complexity index is 1540. The van der Waals surface area contributed by atoms with Gasteiger partial charge in [0.2, 0.25) is 0 Å². The van der Waals surface area contributed by atoms with Crippen molar-refractivity contribution in [3.05, 3.63) is 64.3 Å². The molecule has 8 nitrogen and oxygen atoms in total. The zero-order chi connectivity index (χ0) is 24.6. The molecule has 3 aromatic heterocycles. The molecule has 0 radical (unpaired) electrons. The average Bonchev–Trinajstić information content (AvgIpc) is 3.22. The Morgan fingerprint density at radius 3 is 2.59 bits per heavy atom. The second kappa shape index (κ2) is 9.21. The predicted molar refractivity (Wildman–Crippen MR) is 134 cm³/mol. The van der Waals surface area contributed by atoms with Crippen LogP contribution in [0.25, 0.3) is 22.1 Å². The Kier molecular flexibility index (Phi) is 6.49. The van der Waals surface area contributed by atoms with E-state index < -0.39 is 27.4 Å². The van der Waals surface area contributed by atoms with E-state index in [2.05, 4.69) is 28.6 Å². The van der Waals surface area contributed by atoms with Crippen LogP contribution in [0.5, 0.6) is 0 Å². The molecule has 0 aliphatic carbocycles. The van der Waals surface area contributed by atoms with Crippen molar-refractivity contribution in [2.75, 3.05) is 12.0 Å². The summed E-state index contributed by atoms with van der Waals surface area (Å²) in [5, 5.41) is 1.12. The summed E-state index contributed by atoms with van der Waals surface area (Å²) in [6, 6.07) is 9.33. The largest absolute Gasteiger partial charge is 0.350 e. The zero-order valence-electron chi connectivity index (χ0n) is 20.0. The lowest BCUT2D eigenvalue weighted by atomic mass is 10.1. The number of carbonyl (C=O) groups is 1. The van der Waals surface area contributed by atoms with Crippen molar-refractivity contribution < 1.29 is 13.2 Å². The zero-order valence-corrected chi connectivity index (χ0v) is 20.8. The van der Waals surface area contributed by atoms with Gasteiger partial charge in [0.15, 0.2) is 15.5 Å². The fourth-order valence-electron chi connectivity index (χ4n) is 4.88. The van der Waals surface area contributed by atoms with Crippen molar-refractivity contribution in [3.8, 4) is 0 Å². The summed E-state index contributed by atoms with van der Waals surface area (Å²) in [5.41, 5.74) is 4.22. The second-order valence-electron chi connectivity index (χ2n) is 9.07. The monoisotopic (exact) mass is 482 g/mol. The first-order valence-corrected chi connectivity index (χ1v) is 13.5. The van der Waals surface area contributed by atoms with Gasteiger partial charge < -0.3 is 4.57 Å². The van der Waals surface area contributed by atoms with Crippen LogP contribution in [0, 0.1) is 6.92 Å². The minimum Gasteiger partial charge on any atom is -0.350 e. The Balaban J connectivity index is 1.83. The first kappa shape index (κ1) is 23.9. The number of ketones is 1. The lowest BCUT2D eigenvalue weighted by Crippen LogP contribution is -2.30. The summed E-state index contributed by atoms with van der Waals surface area (Å²) in [7, 11) is -1.45. The minimum absolute atomic E-state index is 0.0239.